The van der Waals surface area contributed by atoms with Gasteiger partial charge in [-0.1, -0.05) is 0 Å². The van der Waals surface area contributed by atoms with Crippen molar-refractivity contribution in [1.29, 1.82) is 0 Å². The summed E-state index contributed by atoms with van der Waals surface area (Å²) >= 11 is 0. The molecule has 3 unspecified atom stereocenters. The number of aromatic nitrogens is 4. The fraction of sp³-hybridized carbons (Fsp3) is 0.632. The van der Waals surface area contributed by atoms with Crippen molar-refractivity contribution in [2.45, 2.75) is 49.8 Å². The summed E-state index contributed by atoms with van der Waals surface area (Å²) in [5.41, 5.74) is 6.47. The molecule has 3 heterocycles. The standard InChI is InChI=1S/C19H28N6O9S2/c1-35(5-4-10(19(29)30)24-12(26)3-2-6-36(31,32)33)7-11-14(27)15(28)18(34-11)25-9-23-13-16(20)21-8-22-17(13)25/h8-11,14-15,18,27-28H,2-7H2,1H3,(H4-,20,21,22,24,26,29,30,31,32,33)/p+1/t10?,11-,14?,15+,18-,35?/m1/s1. The number of nitrogens with zero attached hydrogens (tertiary/aromatic N) is 4. The summed E-state index contributed by atoms with van der Waals surface area (Å²) in [6, 6.07) is -1.19. The molecule has 3 rings (SSSR count). The monoisotopic (exact) mass is 549 g/mol. The maximum Gasteiger partial charge on any atom is 0.326 e. The van der Waals surface area contributed by atoms with E-state index < -0.39 is 69.2 Å². The molecule has 0 spiro atoms. The fourth-order valence-corrected chi connectivity index (χ4v) is 5.93. The van der Waals surface area contributed by atoms with E-state index in [9.17, 15) is 33.3 Å². The number of amides is 1. The van der Waals surface area contributed by atoms with Crippen LogP contribution in [0.1, 0.15) is 25.5 Å². The zero-order chi connectivity index (χ0) is 26.6. The molecule has 1 aliphatic heterocycles. The second kappa shape index (κ2) is 11.7. The van der Waals surface area contributed by atoms with Crippen molar-refractivity contribution in [3.63, 3.8) is 0 Å². The number of rotatable bonds is 12. The normalized spacial score (nSPS) is 24.0. The maximum absolute atomic E-state index is 12.0. The molecule has 1 amide bonds. The summed E-state index contributed by atoms with van der Waals surface area (Å²) in [5.74, 6) is -1.60. The lowest BCUT2D eigenvalue weighted by Gasteiger charge is -2.17. The van der Waals surface area contributed by atoms with Crippen LogP contribution in [0.5, 0.6) is 0 Å². The number of nitrogens with one attached hydrogen (secondary N) is 1. The minimum absolute atomic E-state index is 0.0934. The Kier molecular flexibility index (Phi) is 9.07. The van der Waals surface area contributed by atoms with Gasteiger partial charge in [0, 0.05) is 12.8 Å². The van der Waals surface area contributed by atoms with Gasteiger partial charge in [0.2, 0.25) is 5.91 Å². The van der Waals surface area contributed by atoms with Gasteiger partial charge in [-0.3, -0.25) is 13.9 Å². The van der Waals surface area contributed by atoms with Gasteiger partial charge < -0.3 is 31.1 Å². The van der Waals surface area contributed by atoms with Crippen LogP contribution in [0.25, 0.3) is 11.2 Å². The Labute approximate surface area is 209 Å². The van der Waals surface area contributed by atoms with Gasteiger partial charge in [-0.05, 0) is 17.3 Å². The number of hydrogen-bond acceptors (Lipinski definition) is 11. The van der Waals surface area contributed by atoms with Gasteiger partial charge >= 0.3 is 5.97 Å². The van der Waals surface area contributed by atoms with E-state index in [1.54, 1.807) is 0 Å². The van der Waals surface area contributed by atoms with E-state index in [1.807, 2.05) is 6.26 Å². The van der Waals surface area contributed by atoms with E-state index in [0.29, 0.717) is 22.7 Å². The Balaban J connectivity index is 1.54. The Morgan fingerprint density at radius 1 is 1.28 bits per heavy atom. The molecular weight excluding hydrogens is 520 g/mol. The number of nitrogens with two attached hydrogens (primary N) is 1. The molecular formula is C19H29N6O9S2+. The van der Waals surface area contributed by atoms with Gasteiger partial charge in [-0.2, -0.15) is 8.42 Å². The predicted octanol–water partition coefficient (Wildman–Crippen LogP) is -2.10. The van der Waals surface area contributed by atoms with E-state index in [-0.39, 0.29) is 25.1 Å². The first-order valence-electron chi connectivity index (χ1n) is 10.9. The van der Waals surface area contributed by atoms with Crippen molar-refractivity contribution in [3.8, 4) is 0 Å². The number of anilines is 1. The van der Waals surface area contributed by atoms with Crippen LogP contribution in [0.2, 0.25) is 0 Å². The number of fused-ring (bicyclic) bond motifs is 1. The van der Waals surface area contributed by atoms with Crippen LogP contribution in [0.4, 0.5) is 5.82 Å². The number of aliphatic carboxylic acids is 1. The Hall–Kier alpha value is -2.57. The molecule has 2 aromatic rings. The van der Waals surface area contributed by atoms with Crippen LogP contribution in [-0.2, 0) is 35.3 Å². The number of aliphatic hydroxyl groups is 2. The average molecular weight is 550 g/mol. The Morgan fingerprint density at radius 2 is 2.00 bits per heavy atom. The first-order chi connectivity index (χ1) is 16.9. The van der Waals surface area contributed by atoms with Crippen LogP contribution >= 0.6 is 0 Å². The van der Waals surface area contributed by atoms with E-state index >= 15 is 0 Å². The third-order valence-corrected chi connectivity index (χ3v) is 8.28. The van der Waals surface area contributed by atoms with Gasteiger partial charge in [0.05, 0.1) is 18.3 Å². The number of carboxylic acids is 1. The largest absolute Gasteiger partial charge is 0.480 e. The van der Waals surface area contributed by atoms with Crippen LogP contribution in [0, 0.1) is 0 Å². The highest BCUT2D eigenvalue weighted by Gasteiger charge is 2.46. The third kappa shape index (κ3) is 7.01. The molecule has 6 atom stereocenters. The topological polar surface area (TPSA) is 240 Å². The van der Waals surface area contributed by atoms with Crippen LogP contribution in [-0.4, -0.2) is 108 Å². The fourth-order valence-electron chi connectivity index (χ4n) is 3.77. The minimum atomic E-state index is -4.20. The molecule has 2 aromatic heterocycles. The van der Waals surface area contributed by atoms with Gasteiger partial charge in [0.1, 0.15) is 47.7 Å². The lowest BCUT2D eigenvalue weighted by Crippen LogP contribution is -2.42. The second-order valence-electron chi connectivity index (χ2n) is 8.42. The zero-order valence-corrected chi connectivity index (χ0v) is 20.9. The molecule has 0 aromatic carbocycles. The number of carbonyl (C=O) groups is 2. The van der Waals surface area contributed by atoms with Crippen molar-refractivity contribution in [1.82, 2.24) is 24.8 Å². The Morgan fingerprint density at radius 3 is 2.67 bits per heavy atom. The van der Waals surface area contributed by atoms with Crippen molar-refractivity contribution in [2.75, 3.05) is 29.2 Å². The molecule has 0 aliphatic carbocycles. The molecule has 1 saturated heterocycles. The number of nitrogen functional groups attached to an aromatic ring is 1. The number of hydrogen-bond donors (Lipinski definition) is 6. The van der Waals surface area contributed by atoms with Crippen LogP contribution in [0.15, 0.2) is 12.7 Å². The van der Waals surface area contributed by atoms with Gasteiger partial charge in [-0.25, -0.2) is 19.7 Å². The molecule has 0 radical (unpaired) electrons. The molecule has 36 heavy (non-hydrogen) atoms. The highest BCUT2D eigenvalue weighted by molar-refractivity contribution is 7.96. The number of carboxylic acid groups (broad SMARTS) is 1. The van der Waals surface area contributed by atoms with Gasteiger partial charge in [-0.15, -0.1) is 0 Å². The van der Waals surface area contributed by atoms with Crippen LogP contribution in [0.3, 0.4) is 0 Å². The van der Waals surface area contributed by atoms with E-state index in [4.69, 9.17) is 15.0 Å². The maximum atomic E-state index is 12.0. The molecule has 7 N–H and O–H groups in total. The summed E-state index contributed by atoms with van der Waals surface area (Å²) in [4.78, 5) is 35.6. The van der Waals surface area contributed by atoms with Gasteiger partial charge in [0.25, 0.3) is 10.1 Å². The summed E-state index contributed by atoms with van der Waals surface area (Å²) < 4.78 is 37.6. The number of imidazole rings is 1. The molecule has 200 valence electrons. The van der Waals surface area contributed by atoms with E-state index in [2.05, 4.69) is 20.3 Å². The molecule has 1 fully saturated rings. The summed E-state index contributed by atoms with van der Waals surface area (Å²) in [7, 11) is -4.65. The SMILES string of the molecule is C[S+](CCC(NC(=O)CCCS(=O)(=O)O)C(=O)O)C[C@H]1O[C@@H](n2cnc3c(N)ncnc32)[C@@H](O)C1O. The zero-order valence-electron chi connectivity index (χ0n) is 19.3. The smallest absolute Gasteiger partial charge is 0.326 e. The average Bonchev–Trinajstić information content (AvgIpc) is 3.33. The van der Waals surface area contributed by atoms with Crippen molar-refractivity contribution in [2.24, 2.45) is 0 Å². The van der Waals surface area contributed by atoms with Crippen LogP contribution < -0.4 is 11.1 Å². The summed E-state index contributed by atoms with van der Waals surface area (Å²) in [6.07, 6.45) is 0.0144. The number of ether oxygens (including phenoxy) is 1. The number of aliphatic hydroxyl groups excluding tert-OH is 2. The van der Waals surface area contributed by atoms with Crippen molar-refractivity contribution in [3.05, 3.63) is 12.7 Å². The first-order valence-corrected chi connectivity index (χ1v) is 14.5. The molecule has 15 nitrogen and oxygen atoms in total. The third-order valence-electron chi connectivity index (χ3n) is 5.64. The quantitative estimate of drug-likeness (QED) is 0.123. The van der Waals surface area contributed by atoms with E-state index in [0.717, 1.165) is 0 Å². The summed E-state index contributed by atoms with van der Waals surface area (Å²) in [5, 5.41) is 32.9. The first kappa shape index (κ1) is 28.0. The molecule has 0 saturated carbocycles. The van der Waals surface area contributed by atoms with Gasteiger partial charge in [0.15, 0.2) is 17.7 Å². The molecule has 17 heteroatoms. The highest BCUT2D eigenvalue weighted by Crippen LogP contribution is 2.32. The van der Waals surface area contributed by atoms with Crippen molar-refractivity contribution < 1.29 is 42.6 Å². The minimum Gasteiger partial charge on any atom is -0.480 e. The van der Waals surface area contributed by atoms with E-state index in [1.165, 1.54) is 17.2 Å². The predicted molar refractivity (Wildman–Crippen MR) is 129 cm³/mol. The molecule has 0 bridgehead atoms. The molecule has 1 aliphatic rings. The lowest BCUT2D eigenvalue weighted by molar-refractivity contribution is -0.141. The highest BCUT2D eigenvalue weighted by atomic mass is 32.2. The summed E-state index contributed by atoms with van der Waals surface area (Å²) in [6.45, 7) is 0. The second-order valence-corrected chi connectivity index (χ2v) is 12.3. The lowest BCUT2D eigenvalue weighted by atomic mass is 10.1. The number of carbonyl (C=O) groups excluding carboxylic acids is 1. The Bertz CT molecular complexity index is 1190. The van der Waals surface area contributed by atoms with Crippen molar-refractivity contribution >= 4 is 49.9 Å².